The van der Waals surface area contributed by atoms with Crippen molar-refractivity contribution in [1.29, 1.82) is 0 Å². The molecule has 3 rings (SSSR count). The first-order chi connectivity index (χ1) is 11.1. The van der Waals surface area contributed by atoms with E-state index in [0.717, 1.165) is 11.3 Å². The van der Waals surface area contributed by atoms with E-state index in [4.69, 9.17) is 4.74 Å². The van der Waals surface area contributed by atoms with Gasteiger partial charge >= 0.3 is 0 Å². The number of amides is 1. The number of hydrogen-bond donors (Lipinski definition) is 2. The van der Waals surface area contributed by atoms with Crippen LogP contribution in [0.25, 0.3) is 6.08 Å². The third-order valence-electron chi connectivity index (χ3n) is 3.10. The van der Waals surface area contributed by atoms with Gasteiger partial charge in [-0.05, 0) is 47.7 Å². The van der Waals surface area contributed by atoms with E-state index < -0.39 is 0 Å². The predicted molar refractivity (Wildman–Crippen MR) is 91.9 cm³/mol. The minimum absolute atomic E-state index is 0.133. The van der Waals surface area contributed by atoms with Gasteiger partial charge in [0.25, 0.3) is 5.91 Å². The van der Waals surface area contributed by atoms with Crippen molar-refractivity contribution in [1.82, 2.24) is 5.32 Å². The molecule has 1 aliphatic rings. The molecule has 1 fully saturated rings. The zero-order chi connectivity index (χ0) is 16.2. The van der Waals surface area contributed by atoms with Crippen LogP contribution >= 0.6 is 11.8 Å². The van der Waals surface area contributed by atoms with Crippen LogP contribution in [0.1, 0.15) is 5.56 Å². The summed E-state index contributed by atoms with van der Waals surface area (Å²) >= 11 is 1.26. The second kappa shape index (κ2) is 6.58. The maximum absolute atomic E-state index is 12.0. The second-order valence-corrected chi connectivity index (χ2v) is 5.81. The first-order valence-corrected chi connectivity index (χ1v) is 7.68. The van der Waals surface area contributed by atoms with Crippen molar-refractivity contribution in [2.45, 2.75) is 0 Å². The first kappa shape index (κ1) is 15.2. The minimum Gasteiger partial charge on any atom is -0.508 e. The molecule has 23 heavy (non-hydrogen) atoms. The molecule has 1 amide bonds. The molecule has 1 heterocycles. The Balaban J connectivity index is 1.83. The van der Waals surface area contributed by atoms with Crippen molar-refractivity contribution < 1.29 is 14.6 Å². The molecule has 116 valence electrons. The summed E-state index contributed by atoms with van der Waals surface area (Å²) < 4.78 is 5.17. The summed E-state index contributed by atoms with van der Waals surface area (Å²) in [6.07, 6.45) is 1.79. The van der Waals surface area contributed by atoms with Crippen LogP contribution in [0, 0.1) is 0 Å². The van der Waals surface area contributed by atoms with E-state index >= 15 is 0 Å². The summed E-state index contributed by atoms with van der Waals surface area (Å²) in [5.41, 5.74) is 1.45. The topological polar surface area (TPSA) is 70.9 Å². The smallest absolute Gasteiger partial charge is 0.264 e. The lowest BCUT2D eigenvalue weighted by atomic mass is 10.2. The number of ether oxygens (including phenoxy) is 1. The number of aromatic hydroxyl groups is 1. The molecule has 0 radical (unpaired) electrons. The zero-order valence-electron chi connectivity index (χ0n) is 12.3. The third-order valence-corrected chi connectivity index (χ3v) is 4.01. The number of thioether (sulfide) groups is 1. The van der Waals surface area contributed by atoms with Gasteiger partial charge in [-0.25, -0.2) is 4.99 Å². The van der Waals surface area contributed by atoms with E-state index in [1.54, 1.807) is 31.4 Å². The van der Waals surface area contributed by atoms with E-state index in [-0.39, 0.29) is 11.7 Å². The number of carbonyl (C=O) groups is 1. The van der Waals surface area contributed by atoms with Gasteiger partial charge in [-0.3, -0.25) is 4.79 Å². The molecule has 0 aliphatic carbocycles. The minimum atomic E-state index is -0.197. The molecule has 0 unspecified atom stereocenters. The van der Waals surface area contributed by atoms with Gasteiger partial charge in [0.05, 0.1) is 17.7 Å². The lowest BCUT2D eigenvalue weighted by molar-refractivity contribution is -0.115. The number of benzene rings is 2. The van der Waals surface area contributed by atoms with Crippen molar-refractivity contribution >= 4 is 34.6 Å². The Morgan fingerprint density at radius 3 is 2.83 bits per heavy atom. The Bertz CT molecular complexity index is 815. The number of rotatable bonds is 3. The highest BCUT2D eigenvalue weighted by atomic mass is 32.2. The average molecular weight is 326 g/mol. The number of methoxy groups -OCH3 is 1. The maximum atomic E-state index is 12.0. The molecule has 5 nitrogen and oxygen atoms in total. The van der Waals surface area contributed by atoms with E-state index in [1.807, 2.05) is 24.3 Å². The number of phenolic OH excluding ortho intramolecular Hbond substituents is 1. The van der Waals surface area contributed by atoms with E-state index in [0.29, 0.717) is 15.8 Å². The fraction of sp³-hybridized carbons (Fsp3) is 0.0588. The van der Waals surface area contributed by atoms with Crippen molar-refractivity contribution in [2.75, 3.05) is 7.11 Å². The highest BCUT2D eigenvalue weighted by Crippen LogP contribution is 2.29. The Morgan fingerprint density at radius 1 is 1.22 bits per heavy atom. The van der Waals surface area contributed by atoms with Crippen molar-refractivity contribution in [2.24, 2.45) is 4.99 Å². The normalized spacial score (nSPS) is 17.5. The third kappa shape index (κ3) is 3.73. The Labute approximate surface area is 137 Å². The Kier molecular flexibility index (Phi) is 4.34. The Morgan fingerprint density at radius 2 is 2.04 bits per heavy atom. The van der Waals surface area contributed by atoms with Gasteiger partial charge in [-0.15, -0.1) is 0 Å². The van der Waals surface area contributed by atoms with Crippen molar-refractivity contribution in [3.63, 3.8) is 0 Å². The van der Waals surface area contributed by atoms with Gasteiger partial charge in [0.15, 0.2) is 5.17 Å². The average Bonchev–Trinajstić information content (AvgIpc) is 2.87. The maximum Gasteiger partial charge on any atom is 0.264 e. The molecule has 6 heteroatoms. The van der Waals surface area contributed by atoms with Crippen LogP contribution < -0.4 is 10.1 Å². The molecule has 2 N–H and O–H groups in total. The number of phenols is 1. The molecule has 0 aromatic heterocycles. The molecule has 2 aromatic rings. The van der Waals surface area contributed by atoms with Crippen LogP contribution in [0.2, 0.25) is 0 Å². The van der Waals surface area contributed by atoms with Crippen LogP contribution in [-0.2, 0) is 4.79 Å². The SMILES string of the molecule is COc1cccc(/C=C2\SC(=Nc3cccc(O)c3)NC2=O)c1. The van der Waals surface area contributed by atoms with Crippen molar-refractivity contribution in [3.05, 3.63) is 59.0 Å². The van der Waals surface area contributed by atoms with E-state index in [9.17, 15) is 9.90 Å². The van der Waals surface area contributed by atoms with Gasteiger partial charge in [0, 0.05) is 6.07 Å². The molecule has 1 saturated heterocycles. The highest BCUT2D eigenvalue weighted by molar-refractivity contribution is 8.18. The van der Waals surface area contributed by atoms with E-state index in [2.05, 4.69) is 10.3 Å². The van der Waals surface area contributed by atoms with Gasteiger partial charge in [-0.2, -0.15) is 0 Å². The van der Waals surface area contributed by atoms with Crippen LogP contribution in [0.5, 0.6) is 11.5 Å². The Hall–Kier alpha value is -2.73. The van der Waals surface area contributed by atoms with Crippen LogP contribution in [-0.4, -0.2) is 23.3 Å². The molecular weight excluding hydrogens is 312 g/mol. The first-order valence-electron chi connectivity index (χ1n) is 6.87. The number of carbonyl (C=O) groups excluding carboxylic acids is 1. The number of hydrogen-bond acceptors (Lipinski definition) is 5. The molecule has 0 atom stereocenters. The van der Waals surface area contributed by atoms with E-state index in [1.165, 1.54) is 17.8 Å². The fourth-order valence-electron chi connectivity index (χ4n) is 2.04. The highest BCUT2D eigenvalue weighted by Gasteiger charge is 2.23. The summed E-state index contributed by atoms with van der Waals surface area (Å²) in [7, 11) is 1.60. The molecule has 0 saturated carbocycles. The second-order valence-electron chi connectivity index (χ2n) is 4.78. The fourth-order valence-corrected chi connectivity index (χ4v) is 2.88. The van der Waals surface area contributed by atoms with Gasteiger partial charge in [0.1, 0.15) is 11.5 Å². The number of aliphatic imine (C=N–C) groups is 1. The zero-order valence-corrected chi connectivity index (χ0v) is 13.1. The lowest BCUT2D eigenvalue weighted by Crippen LogP contribution is -2.19. The number of nitrogens with zero attached hydrogens (tertiary/aromatic N) is 1. The molecule has 0 bridgehead atoms. The van der Waals surface area contributed by atoms with Gasteiger partial charge < -0.3 is 15.2 Å². The monoisotopic (exact) mass is 326 g/mol. The summed E-state index contributed by atoms with van der Waals surface area (Å²) in [5, 5.41) is 12.6. The number of nitrogens with one attached hydrogen (secondary N) is 1. The summed E-state index contributed by atoms with van der Waals surface area (Å²) in [4.78, 5) is 16.9. The molecular formula is C17H14N2O3S. The van der Waals surface area contributed by atoms with Crippen molar-refractivity contribution in [3.8, 4) is 11.5 Å². The number of amidine groups is 1. The van der Waals surface area contributed by atoms with Gasteiger partial charge in [0.2, 0.25) is 0 Å². The predicted octanol–water partition coefficient (Wildman–Crippen LogP) is 3.29. The largest absolute Gasteiger partial charge is 0.508 e. The molecule has 1 aliphatic heterocycles. The molecule has 0 spiro atoms. The quantitative estimate of drug-likeness (QED) is 0.849. The summed E-state index contributed by atoms with van der Waals surface area (Å²) in [6.45, 7) is 0. The van der Waals surface area contributed by atoms with Crippen LogP contribution in [0.4, 0.5) is 5.69 Å². The van der Waals surface area contributed by atoms with Crippen LogP contribution in [0.3, 0.4) is 0 Å². The summed E-state index contributed by atoms with van der Waals surface area (Å²) in [5.74, 6) is 0.668. The lowest BCUT2D eigenvalue weighted by Gasteiger charge is -2.00. The standard InChI is InChI=1S/C17H14N2O3S/c1-22-14-7-2-4-11(8-14)9-15-16(21)19-17(23-15)18-12-5-3-6-13(20)10-12/h2-10,20H,1H3,(H,18,19,21)/b15-9-. The summed E-state index contributed by atoms with van der Waals surface area (Å²) in [6, 6.07) is 14.0. The van der Waals surface area contributed by atoms with Gasteiger partial charge in [-0.1, -0.05) is 18.2 Å². The molecule has 2 aromatic carbocycles. The van der Waals surface area contributed by atoms with Crippen LogP contribution in [0.15, 0.2) is 58.4 Å².